The van der Waals surface area contributed by atoms with Gasteiger partial charge < -0.3 is 4.90 Å². The Balaban J connectivity index is 1.83. The van der Waals surface area contributed by atoms with Gasteiger partial charge in [0.1, 0.15) is 0 Å². The van der Waals surface area contributed by atoms with Gasteiger partial charge in [-0.05, 0) is 32.0 Å². The average molecular weight is 380 g/mol. The molecule has 2 heterocycles. The first-order valence-corrected chi connectivity index (χ1v) is 9.54. The van der Waals surface area contributed by atoms with E-state index in [0.717, 1.165) is 22.5 Å². The van der Waals surface area contributed by atoms with Crippen molar-refractivity contribution in [3.63, 3.8) is 0 Å². The van der Waals surface area contributed by atoms with E-state index in [-0.39, 0.29) is 11.8 Å². The van der Waals surface area contributed by atoms with Crippen LogP contribution in [0.2, 0.25) is 0 Å². The molecule has 2 aliphatic rings. The predicted molar refractivity (Wildman–Crippen MR) is 110 cm³/mol. The first kappa shape index (κ1) is 17.0. The molecule has 130 valence electrons. The topological polar surface area (TPSA) is 40.6 Å². The number of amides is 2. The minimum atomic E-state index is -0.236. The van der Waals surface area contributed by atoms with Crippen molar-refractivity contribution < 1.29 is 9.59 Å². The summed E-state index contributed by atoms with van der Waals surface area (Å²) in [6.07, 6.45) is 0. The lowest BCUT2D eigenvalue weighted by Gasteiger charge is -2.15. The summed E-state index contributed by atoms with van der Waals surface area (Å²) >= 11 is 6.65. The molecule has 26 heavy (non-hydrogen) atoms. The molecule has 0 bridgehead atoms. The maximum Gasteiger partial charge on any atom is 0.271 e. The number of fused-ring (bicyclic) bond motifs is 1. The molecular weight excluding hydrogens is 364 g/mol. The van der Waals surface area contributed by atoms with Crippen molar-refractivity contribution in [3.05, 3.63) is 64.6 Å². The van der Waals surface area contributed by atoms with Gasteiger partial charge >= 0.3 is 0 Å². The van der Waals surface area contributed by atoms with Gasteiger partial charge in [-0.25, -0.2) is 0 Å². The first-order valence-electron chi connectivity index (χ1n) is 8.31. The number of anilines is 2. The van der Waals surface area contributed by atoms with Crippen molar-refractivity contribution in [2.45, 2.75) is 13.8 Å². The molecule has 0 radical (unpaired) electrons. The molecule has 6 heteroatoms. The van der Waals surface area contributed by atoms with Gasteiger partial charge in [-0.15, -0.1) is 0 Å². The second kappa shape index (κ2) is 6.37. The maximum atomic E-state index is 13.1. The Bertz CT molecular complexity index is 980. The SMILES string of the molecule is CCN1C(=O)C(=C2SC(=S)N(c3ccc(C)cc3)C2=O)c2ccccc21. The van der Waals surface area contributed by atoms with Gasteiger partial charge in [0.25, 0.3) is 11.8 Å². The minimum absolute atomic E-state index is 0.141. The van der Waals surface area contributed by atoms with E-state index < -0.39 is 0 Å². The molecule has 2 amide bonds. The highest BCUT2D eigenvalue weighted by molar-refractivity contribution is 8.27. The zero-order valence-corrected chi connectivity index (χ0v) is 16.0. The predicted octanol–water partition coefficient (Wildman–Crippen LogP) is 4.14. The summed E-state index contributed by atoms with van der Waals surface area (Å²) in [6.45, 7) is 4.47. The zero-order valence-electron chi connectivity index (χ0n) is 14.4. The molecule has 2 aromatic rings. The van der Waals surface area contributed by atoms with Crippen LogP contribution in [0.4, 0.5) is 11.4 Å². The van der Waals surface area contributed by atoms with Gasteiger partial charge in [0.15, 0.2) is 4.32 Å². The monoisotopic (exact) mass is 380 g/mol. The summed E-state index contributed by atoms with van der Waals surface area (Å²) in [5.41, 5.74) is 3.92. The lowest BCUT2D eigenvalue weighted by molar-refractivity contribution is -0.115. The normalized spacial score (nSPS) is 19.5. The van der Waals surface area contributed by atoms with Crippen molar-refractivity contribution in [2.75, 3.05) is 16.3 Å². The number of thioether (sulfide) groups is 1. The average Bonchev–Trinajstić information content (AvgIpc) is 3.08. The van der Waals surface area contributed by atoms with E-state index >= 15 is 0 Å². The van der Waals surface area contributed by atoms with Crippen LogP contribution in [-0.2, 0) is 9.59 Å². The summed E-state index contributed by atoms with van der Waals surface area (Å²) in [5.74, 6) is -0.377. The Kier molecular flexibility index (Phi) is 4.17. The van der Waals surface area contributed by atoms with Crippen molar-refractivity contribution in [2.24, 2.45) is 0 Å². The van der Waals surface area contributed by atoms with Crippen molar-refractivity contribution in [3.8, 4) is 0 Å². The Labute approximate surface area is 161 Å². The molecule has 0 saturated carbocycles. The third kappa shape index (κ3) is 2.48. The number of likely N-dealkylation sites (N-methyl/N-ethyl adjacent to an activating group) is 1. The number of para-hydroxylation sites is 1. The summed E-state index contributed by atoms with van der Waals surface area (Å²) in [4.78, 5) is 29.7. The lowest BCUT2D eigenvalue weighted by atomic mass is 10.1. The van der Waals surface area contributed by atoms with Crippen molar-refractivity contribution >= 4 is 57.1 Å². The van der Waals surface area contributed by atoms with E-state index in [1.165, 1.54) is 16.7 Å². The number of rotatable bonds is 2. The quantitative estimate of drug-likeness (QED) is 0.580. The number of aryl methyl sites for hydroxylation is 1. The highest BCUT2D eigenvalue weighted by Crippen LogP contribution is 2.45. The number of hydrogen-bond donors (Lipinski definition) is 0. The zero-order chi connectivity index (χ0) is 18.4. The van der Waals surface area contributed by atoms with Crippen molar-refractivity contribution in [1.82, 2.24) is 0 Å². The van der Waals surface area contributed by atoms with E-state index in [0.29, 0.717) is 21.3 Å². The minimum Gasteiger partial charge on any atom is -0.308 e. The highest BCUT2D eigenvalue weighted by Gasteiger charge is 2.42. The number of thiocarbonyl (C=S) groups is 1. The summed E-state index contributed by atoms with van der Waals surface area (Å²) in [7, 11) is 0. The van der Waals surface area contributed by atoms with Crippen LogP contribution in [0.1, 0.15) is 18.1 Å². The Morgan fingerprint density at radius 3 is 2.38 bits per heavy atom. The van der Waals surface area contributed by atoms with Crippen molar-refractivity contribution in [1.29, 1.82) is 0 Å². The van der Waals surface area contributed by atoms with Crippen LogP contribution < -0.4 is 9.80 Å². The van der Waals surface area contributed by atoms with Gasteiger partial charge in [-0.1, -0.05) is 59.9 Å². The van der Waals surface area contributed by atoms with Crippen LogP contribution >= 0.6 is 24.0 Å². The number of benzene rings is 2. The van der Waals surface area contributed by atoms with Crippen LogP contribution in [0.5, 0.6) is 0 Å². The highest BCUT2D eigenvalue weighted by atomic mass is 32.2. The second-order valence-electron chi connectivity index (χ2n) is 6.11. The van der Waals surface area contributed by atoms with Gasteiger partial charge in [0, 0.05) is 12.1 Å². The largest absolute Gasteiger partial charge is 0.308 e. The molecule has 0 N–H and O–H groups in total. The van der Waals surface area contributed by atoms with E-state index in [1.807, 2.05) is 62.4 Å². The van der Waals surface area contributed by atoms with Crippen LogP contribution in [0.15, 0.2) is 53.4 Å². The molecule has 4 rings (SSSR count). The molecule has 0 aliphatic carbocycles. The fraction of sp³-hybridized carbons (Fsp3) is 0.150. The smallest absolute Gasteiger partial charge is 0.271 e. The number of carbonyl (C=O) groups excluding carboxylic acids is 2. The molecule has 0 aromatic heterocycles. The second-order valence-corrected chi connectivity index (χ2v) is 7.76. The number of hydrogen-bond acceptors (Lipinski definition) is 4. The fourth-order valence-corrected chi connectivity index (χ4v) is 4.62. The van der Waals surface area contributed by atoms with E-state index in [1.54, 1.807) is 4.90 Å². The lowest BCUT2D eigenvalue weighted by Crippen LogP contribution is -2.29. The summed E-state index contributed by atoms with van der Waals surface area (Å²) < 4.78 is 0.446. The third-order valence-corrected chi connectivity index (χ3v) is 5.90. The molecule has 2 aromatic carbocycles. The van der Waals surface area contributed by atoms with E-state index in [4.69, 9.17) is 12.2 Å². The van der Waals surface area contributed by atoms with Crippen LogP contribution in [0, 0.1) is 6.92 Å². The van der Waals surface area contributed by atoms with Crippen LogP contribution in [-0.4, -0.2) is 22.7 Å². The molecular formula is C20H16N2O2S2. The molecule has 0 spiro atoms. The third-order valence-electron chi connectivity index (χ3n) is 4.53. The Hall–Kier alpha value is -2.44. The number of nitrogens with zero attached hydrogens (tertiary/aromatic N) is 2. The fourth-order valence-electron chi connectivity index (χ4n) is 3.25. The number of carbonyl (C=O) groups is 2. The first-order chi connectivity index (χ1) is 12.5. The summed E-state index contributed by atoms with van der Waals surface area (Å²) in [6, 6.07) is 15.2. The van der Waals surface area contributed by atoms with Gasteiger partial charge in [-0.2, -0.15) is 0 Å². The summed E-state index contributed by atoms with van der Waals surface area (Å²) in [5, 5.41) is 0. The van der Waals surface area contributed by atoms with Gasteiger partial charge in [-0.3, -0.25) is 14.5 Å². The van der Waals surface area contributed by atoms with Crippen LogP contribution in [0.3, 0.4) is 0 Å². The van der Waals surface area contributed by atoms with Crippen LogP contribution in [0.25, 0.3) is 5.57 Å². The maximum absolute atomic E-state index is 13.1. The molecule has 0 unspecified atom stereocenters. The van der Waals surface area contributed by atoms with Gasteiger partial charge in [0.2, 0.25) is 0 Å². The van der Waals surface area contributed by atoms with E-state index in [9.17, 15) is 9.59 Å². The van der Waals surface area contributed by atoms with E-state index in [2.05, 4.69) is 0 Å². The molecule has 0 atom stereocenters. The Morgan fingerprint density at radius 1 is 1.00 bits per heavy atom. The molecule has 4 nitrogen and oxygen atoms in total. The molecule has 2 aliphatic heterocycles. The van der Waals surface area contributed by atoms with Gasteiger partial charge in [0.05, 0.1) is 21.9 Å². The molecule has 1 fully saturated rings. The Morgan fingerprint density at radius 2 is 1.69 bits per heavy atom. The standard InChI is InChI=1S/C20H16N2O2S2/c1-3-21-15-7-5-4-6-14(15)16(18(21)23)17-19(24)22(20(25)26-17)13-10-8-12(2)9-11-13/h4-11H,3H2,1-2H3. The molecule has 1 saturated heterocycles.